The molecule has 0 radical (unpaired) electrons. The Morgan fingerprint density at radius 1 is 1.03 bits per heavy atom. The van der Waals surface area contributed by atoms with Gasteiger partial charge < -0.3 is 9.64 Å². The maximum absolute atomic E-state index is 13.5. The van der Waals surface area contributed by atoms with Gasteiger partial charge >= 0.3 is 0 Å². The molecule has 0 saturated carbocycles. The van der Waals surface area contributed by atoms with E-state index in [0.717, 1.165) is 50.0 Å². The first-order chi connectivity index (χ1) is 15.0. The topological polar surface area (TPSA) is 59.3 Å². The van der Waals surface area contributed by atoms with Crippen molar-refractivity contribution in [3.05, 3.63) is 65.8 Å². The van der Waals surface area contributed by atoms with Crippen LogP contribution in [0.3, 0.4) is 0 Å². The van der Waals surface area contributed by atoms with Crippen LogP contribution in [0.5, 0.6) is 5.88 Å². The lowest BCUT2D eigenvalue weighted by Gasteiger charge is -2.35. The highest BCUT2D eigenvalue weighted by molar-refractivity contribution is 5.85. The van der Waals surface area contributed by atoms with Gasteiger partial charge in [-0.15, -0.1) is 12.4 Å². The van der Waals surface area contributed by atoms with Crippen molar-refractivity contribution in [3.63, 3.8) is 0 Å². The largest absolute Gasteiger partial charge is 0.480 e. The molecule has 1 aliphatic rings. The number of ether oxygens (including phenoxy) is 1. The highest BCUT2D eigenvalue weighted by Gasteiger charge is 2.17. The maximum Gasteiger partial charge on any atom is 0.234 e. The molecule has 3 heterocycles. The first kappa shape index (κ1) is 23.6. The molecule has 32 heavy (non-hydrogen) atoms. The van der Waals surface area contributed by atoms with Crippen LogP contribution in [0.4, 0.5) is 14.5 Å². The van der Waals surface area contributed by atoms with E-state index < -0.39 is 11.6 Å². The summed E-state index contributed by atoms with van der Waals surface area (Å²) in [6.07, 6.45) is 9.13. The first-order valence-electron chi connectivity index (χ1n) is 10.0. The average molecular weight is 463 g/mol. The van der Waals surface area contributed by atoms with Gasteiger partial charge in [0, 0.05) is 50.0 Å². The van der Waals surface area contributed by atoms with Crippen molar-refractivity contribution in [3.8, 4) is 11.7 Å². The summed E-state index contributed by atoms with van der Waals surface area (Å²) in [5.74, 6) is -0.0570. The standard InChI is InChI=1S/C22H24F2N6O.ClH/c1-16-17(13-26-30(16)21-14-25-15-22(27-21)31-2)4-3-5-28-6-8-29(9-7-28)20-11-18(23)10-19(24)12-20;/h3-4,10-15H,5-9H2,1-2H3;1H. The number of hydrogen-bond acceptors (Lipinski definition) is 6. The SMILES string of the molecule is COc1cncc(-n2ncc(C=CCN3CCN(c4cc(F)cc(F)c4)CC3)c2C)n1.Cl. The number of piperazine rings is 1. The Morgan fingerprint density at radius 2 is 1.75 bits per heavy atom. The van der Waals surface area contributed by atoms with E-state index in [4.69, 9.17) is 4.74 Å². The van der Waals surface area contributed by atoms with Crippen molar-refractivity contribution in [1.82, 2.24) is 24.6 Å². The van der Waals surface area contributed by atoms with Crippen LogP contribution in [0, 0.1) is 18.6 Å². The third kappa shape index (κ3) is 5.41. The summed E-state index contributed by atoms with van der Waals surface area (Å²) in [4.78, 5) is 12.8. The Kier molecular flexibility index (Phi) is 7.76. The summed E-state index contributed by atoms with van der Waals surface area (Å²) >= 11 is 0. The lowest BCUT2D eigenvalue weighted by molar-refractivity contribution is 0.284. The van der Waals surface area contributed by atoms with Gasteiger partial charge in [0.1, 0.15) is 11.6 Å². The van der Waals surface area contributed by atoms with E-state index in [1.165, 1.54) is 12.1 Å². The normalized spacial score (nSPS) is 14.6. The van der Waals surface area contributed by atoms with E-state index >= 15 is 0 Å². The zero-order chi connectivity index (χ0) is 21.8. The molecule has 0 N–H and O–H groups in total. The van der Waals surface area contributed by atoms with E-state index in [2.05, 4.69) is 26.0 Å². The van der Waals surface area contributed by atoms with Gasteiger partial charge in [-0.3, -0.25) is 9.88 Å². The molecule has 1 saturated heterocycles. The summed E-state index contributed by atoms with van der Waals surface area (Å²) in [6.45, 7) is 5.85. The Hall–Kier alpha value is -3.04. The molecule has 7 nitrogen and oxygen atoms in total. The number of benzene rings is 1. The lowest BCUT2D eigenvalue weighted by Crippen LogP contribution is -2.46. The smallest absolute Gasteiger partial charge is 0.234 e. The monoisotopic (exact) mass is 462 g/mol. The number of anilines is 1. The van der Waals surface area contributed by atoms with Gasteiger partial charge in [-0.1, -0.05) is 12.2 Å². The van der Waals surface area contributed by atoms with Crippen LogP contribution >= 0.6 is 12.4 Å². The summed E-state index contributed by atoms with van der Waals surface area (Å²) in [6, 6.07) is 3.66. The Labute approximate surface area is 191 Å². The predicted molar refractivity (Wildman–Crippen MR) is 122 cm³/mol. The van der Waals surface area contributed by atoms with Gasteiger partial charge in [-0.2, -0.15) is 10.1 Å². The van der Waals surface area contributed by atoms with Gasteiger partial charge in [0.25, 0.3) is 0 Å². The van der Waals surface area contributed by atoms with E-state index in [-0.39, 0.29) is 12.4 Å². The minimum atomic E-state index is -0.545. The molecule has 4 rings (SSSR count). The van der Waals surface area contributed by atoms with E-state index in [0.29, 0.717) is 17.4 Å². The first-order valence-corrected chi connectivity index (χ1v) is 10.0. The summed E-state index contributed by atoms with van der Waals surface area (Å²) in [5.41, 5.74) is 2.55. The second-order valence-corrected chi connectivity index (χ2v) is 7.33. The van der Waals surface area contributed by atoms with Crippen LogP contribution < -0.4 is 9.64 Å². The predicted octanol–water partition coefficient (Wildman–Crippen LogP) is 3.51. The molecule has 2 aromatic heterocycles. The molecule has 0 amide bonds. The van der Waals surface area contributed by atoms with Crippen LogP contribution in [0.1, 0.15) is 11.3 Å². The molecule has 0 unspecified atom stereocenters. The van der Waals surface area contributed by atoms with E-state index in [1.807, 2.05) is 17.9 Å². The van der Waals surface area contributed by atoms with Crippen molar-refractivity contribution in [2.45, 2.75) is 6.92 Å². The van der Waals surface area contributed by atoms with Crippen molar-refractivity contribution in [2.75, 3.05) is 44.7 Å². The molecule has 1 fully saturated rings. The van der Waals surface area contributed by atoms with Crippen LogP contribution in [-0.2, 0) is 0 Å². The number of hydrogen-bond donors (Lipinski definition) is 0. The van der Waals surface area contributed by atoms with E-state index in [1.54, 1.807) is 30.4 Å². The van der Waals surface area contributed by atoms with Crippen LogP contribution in [0.15, 0.2) is 42.9 Å². The maximum atomic E-state index is 13.5. The minimum Gasteiger partial charge on any atom is -0.480 e. The molecular weight excluding hydrogens is 438 g/mol. The van der Waals surface area contributed by atoms with Crippen LogP contribution in [0.25, 0.3) is 11.9 Å². The summed E-state index contributed by atoms with van der Waals surface area (Å²) < 4.78 is 33.8. The third-order valence-corrected chi connectivity index (χ3v) is 5.32. The molecule has 0 bridgehead atoms. The average Bonchev–Trinajstić information content (AvgIpc) is 3.14. The minimum absolute atomic E-state index is 0. The fourth-order valence-electron chi connectivity index (χ4n) is 3.59. The number of halogens is 3. The van der Waals surface area contributed by atoms with Gasteiger partial charge in [-0.05, 0) is 19.1 Å². The zero-order valence-corrected chi connectivity index (χ0v) is 18.7. The molecule has 0 aliphatic carbocycles. The number of methoxy groups -OCH3 is 1. The second kappa shape index (κ2) is 10.5. The van der Waals surface area contributed by atoms with Crippen LogP contribution in [-0.4, -0.2) is 64.5 Å². The second-order valence-electron chi connectivity index (χ2n) is 7.33. The van der Waals surface area contributed by atoms with Crippen molar-refractivity contribution in [1.29, 1.82) is 0 Å². The van der Waals surface area contributed by atoms with Gasteiger partial charge in [0.05, 0.1) is 31.4 Å². The van der Waals surface area contributed by atoms with E-state index in [9.17, 15) is 8.78 Å². The molecule has 0 spiro atoms. The van der Waals surface area contributed by atoms with Crippen molar-refractivity contribution < 1.29 is 13.5 Å². The van der Waals surface area contributed by atoms with Crippen molar-refractivity contribution >= 4 is 24.2 Å². The fourth-order valence-corrected chi connectivity index (χ4v) is 3.59. The molecule has 10 heteroatoms. The number of rotatable bonds is 6. The molecule has 170 valence electrons. The van der Waals surface area contributed by atoms with Gasteiger partial charge in [0.2, 0.25) is 5.88 Å². The highest BCUT2D eigenvalue weighted by atomic mass is 35.5. The molecule has 3 aromatic rings. The summed E-state index contributed by atoms with van der Waals surface area (Å²) in [7, 11) is 1.55. The number of aromatic nitrogens is 4. The number of nitrogens with zero attached hydrogens (tertiary/aromatic N) is 6. The highest BCUT2D eigenvalue weighted by Crippen LogP contribution is 2.20. The molecule has 0 atom stereocenters. The Morgan fingerprint density at radius 3 is 2.44 bits per heavy atom. The summed E-state index contributed by atoms with van der Waals surface area (Å²) in [5, 5.41) is 4.41. The van der Waals surface area contributed by atoms with Crippen LogP contribution in [0.2, 0.25) is 0 Å². The lowest BCUT2D eigenvalue weighted by atomic mass is 10.2. The quantitative estimate of drug-likeness (QED) is 0.558. The zero-order valence-electron chi connectivity index (χ0n) is 17.9. The molecule has 1 aliphatic heterocycles. The molecule has 1 aromatic carbocycles. The Bertz CT molecular complexity index is 1060. The van der Waals surface area contributed by atoms with Gasteiger partial charge in [0.15, 0.2) is 5.82 Å². The fraction of sp³-hybridized carbons (Fsp3) is 0.318. The van der Waals surface area contributed by atoms with Crippen molar-refractivity contribution in [2.24, 2.45) is 0 Å². The van der Waals surface area contributed by atoms with Gasteiger partial charge in [-0.25, -0.2) is 13.5 Å². The molecular formula is C22H25ClF2N6O. The third-order valence-electron chi connectivity index (χ3n) is 5.32. The Balaban J connectivity index is 0.00000289.